The van der Waals surface area contributed by atoms with Crippen LogP contribution in [-0.2, 0) is 4.74 Å². The second-order valence-electron chi connectivity index (χ2n) is 6.67. The van der Waals surface area contributed by atoms with Gasteiger partial charge in [0.2, 0.25) is 0 Å². The van der Waals surface area contributed by atoms with Gasteiger partial charge in [0.05, 0.1) is 12.2 Å². The van der Waals surface area contributed by atoms with Crippen molar-refractivity contribution in [1.29, 1.82) is 0 Å². The summed E-state index contributed by atoms with van der Waals surface area (Å²) in [7, 11) is 0. The number of benzene rings is 1. The van der Waals surface area contributed by atoms with Crippen molar-refractivity contribution in [2.75, 3.05) is 5.33 Å². The number of hydrogen-bond acceptors (Lipinski definition) is 1. The first-order valence-corrected chi connectivity index (χ1v) is 9.90. The van der Waals surface area contributed by atoms with Crippen LogP contribution < -0.4 is 0 Å². The van der Waals surface area contributed by atoms with E-state index in [1.54, 1.807) is 0 Å². The molecule has 1 aromatic rings. The summed E-state index contributed by atoms with van der Waals surface area (Å²) in [5.74, 6) is 2.16. The van der Waals surface area contributed by atoms with Crippen molar-refractivity contribution in [3.8, 4) is 0 Å². The monoisotopic (exact) mass is 416 g/mol. The molecule has 4 atom stereocenters. The third-order valence-electron chi connectivity index (χ3n) is 4.69. The van der Waals surface area contributed by atoms with E-state index in [9.17, 15) is 0 Å². The van der Waals surface area contributed by atoms with Crippen LogP contribution in [0.5, 0.6) is 0 Å². The molecule has 0 saturated heterocycles. The first-order valence-electron chi connectivity index (χ1n) is 7.98. The van der Waals surface area contributed by atoms with Crippen molar-refractivity contribution in [1.82, 2.24) is 0 Å². The Balaban J connectivity index is 2.14. The van der Waals surface area contributed by atoms with Crippen LogP contribution in [0.4, 0.5) is 0 Å². The average molecular weight is 418 g/mol. The minimum atomic E-state index is 0.122. The van der Waals surface area contributed by atoms with Gasteiger partial charge in [-0.25, -0.2) is 0 Å². The van der Waals surface area contributed by atoms with E-state index in [2.05, 4.69) is 76.9 Å². The molecule has 0 aliphatic heterocycles. The predicted molar refractivity (Wildman–Crippen MR) is 96.9 cm³/mol. The minimum absolute atomic E-state index is 0.122. The van der Waals surface area contributed by atoms with E-state index >= 15 is 0 Å². The molecule has 1 aromatic carbocycles. The van der Waals surface area contributed by atoms with Gasteiger partial charge in [-0.2, -0.15) is 0 Å². The summed E-state index contributed by atoms with van der Waals surface area (Å²) in [6, 6.07) is 8.39. The maximum absolute atomic E-state index is 6.57. The molecule has 1 fully saturated rings. The van der Waals surface area contributed by atoms with Crippen molar-refractivity contribution in [3.05, 3.63) is 34.3 Å². The fourth-order valence-corrected chi connectivity index (χ4v) is 4.45. The molecule has 118 valence electrons. The van der Waals surface area contributed by atoms with Crippen molar-refractivity contribution in [3.63, 3.8) is 0 Å². The molecular weight excluding hydrogens is 392 g/mol. The van der Waals surface area contributed by atoms with Gasteiger partial charge in [0, 0.05) is 9.80 Å². The second kappa shape index (κ2) is 8.12. The molecule has 0 bridgehead atoms. The Morgan fingerprint density at radius 3 is 2.57 bits per heavy atom. The molecule has 0 aromatic heterocycles. The molecule has 0 spiro atoms. The molecule has 1 nitrogen and oxygen atoms in total. The van der Waals surface area contributed by atoms with Crippen LogP contribution >= 0.6 is 31.9 Å². The van der Waals surface area contributed by atoms with Gasteiger partial charge in [-0.1, -0.05) is 77.3 Å². The van der Waals surface area contributed by atoms with Crippen LogP contribution in [0.1, 0.15) is 51.7 Å². The highest BCUT2D eigenvalue weighted by Crippen LogP contribution is 2.39. The third kappa shape index (κ3) is 4.56. The lowest BCUT2D eigenvalue weighted by atomic mass is 9.75. The summed E-state index contributed by atoms with van der Waals surface area (Å²) >= 11 is 7.30. The molecule has 0 heterocycles. The van der Waals surface area contributed by atoms with Gasteiger partial charge in [0.25, 0.3) is 0 Å². The Labute approximate surface area is 146 Å². The van der Waals surface area contributed by atoms with Crippen LogP contribution in [0.2, 0.25) is 0 Å². The molecule has 0 N–H and O–H groups in total. The Kier molecular flexibility index (Phi) is 6.77. The third-order valence-corrected chi connectivity index (χ3v) is 6.00. The van der Waals surface area contributed by atoms with Crippen LogP contribution in [0.3, 0.4) is 0 Å². The summed E-state index contributed by atoms with van der Waals surface area (Å²) in [6.45, 7) is 7.02. The normalized spacial score (nSPS) is 27.8. The number of hydrogen-bond donors (Lipinski definition) is 0. The molecular formula is C18H26Br2O. The van der Waals surface area contributed by atoms with Crippen LogP contribution in [0, 0.1) is 17.8 Å². The van der Waals surface area contributed by atoms with Gasteiger partial charge in [0.15, 0.2) is 0 Å². The zero-order valence-corrected chi connectivity index (χ0v) is 16.4. The summed E-state index contributed by atoms with van der Waals surface area (Å²) in [6.07, 6.45) is 4.34. The molecule has 21 heavy (non-hydrogen) atoms. The Morgan fingerprint density at radius 2 is 1.95 bits per heavy atom. The van der Waals surface area contributed by atoms with Gasteiger partial charge >= 0.3 is 0 Å². The number of alkyl halides is 1. The maximum Gasteiger partial charge on any atom is 0.0936 e. The SMILES string of the molecule is CC1CCC(C(C)C)C(OC(CBr)c2ccccc2Br)C1. The Bertz CT molecular complexity index is 447. The molecule has 1 aliphatic carbocycles. The lowest BCUT2D eigenvalue weighted by Gasteiger charge is -2.39. The number of rotatable bonds is 5. The number of halogens is 2. The summed E-state index contributed by atoms with van der Waals surface area (Å²) in [5.41, 5.74) is 1.25. The molecule has 0 radical (unpaired) electrons. The summed E-state index contributed by atoms with van der Waals surface area (Å²) in [5, 5.41) is 0.839. The largest absolute Gasteiger partial charge is 0.369 e. The fourth-order valence-electron chi connectivity index (χ4n) is 3.41. The highest BCUT2D eigenvalue weighted by molar-refractivity contribution is 9.10. The lowest BCUT2D eigenvalue weighted by Crippen LogP contribution is -2.35. The van der Waals surface area contributed by atoms with E-state index in [0.717, 1.165) is 15.7 Å². The topological polar surface area (TPSA) is 9.23 Å². The first-order chi connectivity index (χ1) is 10.0. The summed E-state index contributed by atoms with van der Waals surface area (Å²) in [4.78, 5) is 0. The van der Waals surface area contributed by atoms with Gasteiger partial charge in [-0.15, -0.1) is 0 Å². The van der Waals surface area contributed by atoms with Crippen LogP contribution in [0.15, 0.2) is 28.7 Å². The van der Waals surface area contributed by atoms with Gasteiger partial charge in [-0.3, -0.25) is 0 Å². The van der Waals surface area contributed by atoms with Crippen molar-refractivity contribution < 1.29 is 4.74 Å². The lowest BCUT2D eigenvalue weighted by molar-refractivity contribution is -0.0734. The van der Waals surface area contributed by atoms with Gasteiger partial charge < -0.3 is 4.74 Å². The summed E-state index contributed by atoms with van der Waals surface area (Å²) < 4.78 is 7.71. The number of ether oxygens (including phenoxy) is 1. The van der Waals surface area contributed by atoms with E-state index in [0.29, 0.717) is 17.9 Å². The highest BCUT2D eigenvalue weighted by atomic mass is 79.9. The van der Waals surface area contributed by atoms with E-state index in [1.165, 1.54) is 24.8 Å². The maximum atomic E-state index is 6.57. The molecule has 1 saturated carbocycles. The van der Waals surface area contributed by atoms with Crippen LogP contribution in [-0.4, -0.2) is 11.4 Å². The van der Waals surface area contributed by atoms with Gasteiger partial charge in [-0.05, 0) is 42.2 Å². The highest BCUT2D eigenvalue weighted by Gasteiger charge is 2.33. The van der Waals surface area contributed by atoms with Crippen molar-refractivity contribution in [2.45, 2.75) is 52.2 Å². The Hall–Kier alpha value is 0.140. The molecule has 2 rings (SSSR count). The van der Waals surface area contributed by atoms with E-state index in [4.69, 9.17) is 4.74 Å². The molecule has 1 aliphatic rings. The molecule has 0 amide bonds. The van der Waals surface area contributed by atoms with Crippen molar-refractivity contribution >= 4 is 31.9 Å². The molecule has 4 unspecified atom stereocenters. The fraction of sp³-hybridized carbons (Fsp3) is 0.667. The van der Waals surface area contributed by atoms with E-state index in [1.807, 2.05) is 0 Å². The standard InChI is InChI=1S/C18H26Br2O/c1-12(2)14-9-8-13(3)10-17(14)21-18(11-19)15-6-4-5-7-16(15)20/h4-7,12-14,17-18H,8-11H2,1-3H3. The quantitative estimate of drug-likeness (QED) is 0.506. The van der Waals surface area contributed by atoms with E-state index < -0.39 is 0 Å². The second-order valence-corrected chi connectivity index (χ2v) is 8.17. The minimum Gasteiger partial charge on any atom is -0.369 e. The molecule has 3 heteroatoms. The van der Waals surface area contributed by atoms with Crippen LogP contribution in [0.25, 0.3) is 0 Å². The zero-order valence-electron chi connectivity index (χ0n) is 13.2. The predicted octanol–water partition coefficient (Wildman–Crippen LogP) is 6.36. The van der Waals surface area contributed by atoms with E-state index in [-0.39, 0.29) is 6.10 Å². The Morgan fingerprint density at radius 1 is 1.24 bits per heavy atom. The zero-order chi connectivity index (χ0) is 15.4. The smallest absolute Gasteiger partial charge is 0.0936 e. The average Bonchev–Trinajstić information content (AvgIpc) is 2.45. The van der Waals surface area contributed by atoms with Crippen molar-refractivity contribution in [2.24, 2.45) is 17.8 Å². The first kappa shape index (κ1) is 17.5. The van der Waals surface area contributed by atoms with Gasteiger partial charge in [0.1, 0.15) is 0 Å².